The number of nitrogens with zero attached hydrogens (tertiary/aromatic N) is 5. The molecule has 2 aliphatic rings. The molecule has 7 nitrogen and oxygen atoms in total. The van der Waals surface area contributed by atoms with Gasteiger partial charge in [0.15, 0.2) is 0 Å². The smallest absolute Gasteiger partial charge is 0.147 e. The molecule has 1 saturated heterocycles. The average molecular weight is 400 g/mol. The summed E-state index contributed by atoms with van der Waals surface area (Å²) in [6.07, 6.45) is 4.25. The van der Waals surface area contributed by atoms with Gasteiger partial charge >= 0.3 is 0 Å². The van der Waals surface area contributed by atoms with Gasteiger partial charge in [0.05, 0.1) is 18.4 Å². The van der Waals surface area contributed by atoms with E-state index in [1.54, 1.807) is 0 Å². The Morgan fingerprint density at radius 3 is 2.68 bits per heavy atom. The highest BCUT2D eigenvalue weighted by Gasteiger charge is 2.27. The topological polar surface area (TPSA) is 74.7 Å². The van der Waals surface area contributed by atoms with Crippen LogP contribution in [0.1, 0.15) is 36.0 Å². The number of likely N-dealkylation sites (tertiary alicyclic amines) is 1. The van der Waals surface area contributed by atoms with Crippen LogP contribution in [-0.2, 0) is 19.6 Å². The Kier molecular flexibility index (Phi) is 5.75. The minimum atomic E-state index is 0. The van der Waals surface area contributed by atoms with Gasteiger partial charge in [0.2, 0.25) is 0 Å². The maximum Gasteiger partial charge on any atom is 0.147 e. The van der Waals surface area contributed by atoms with Crippen molar-refractivity contribution < 1.29 is 0 Å². The fourth-order valence-corrected chi connectivity index (χ4v) is 4.29. The van der Waals surface area contributed by atoms with E-state index in [1.165, 1.54) is 17.0 Å². The Bertz CT molecular complexity index is 896. The number of benzene rings is 1. The molecule has 8 heteroatoms. The van der Waals surface area contributed by atoms with Crippen LogP contribution in [0.2, 0.25) is 0 Å². The summed E-state index contributed by atoms with van der Waals surface area (Å²) < 4.78 is 2.33. The van der Waals surface area contributed by atoms with Crippen LogP contribution in [0.25, 0.3) is 11.3 Å². The summed E-state index contributed by atoms with van der Waals surface area (Å²) in [5.41, 5.74) is 3.60. The zero-order chi connectivity index (χ0) is 18.1. The van der Waals surface area contributed by atoms with Gasteiger partial charge in [-0.05, 0) is 31.5 Å². The first-order valence-corrected chi connectivity index (χ1v) is 9.81. The molecule has 0 bridgehead atoms. The standard InChI is InChI=1S/C20H25N7.ClH/c1-2-4-15(5-3-1)19-17(12-22-24-19)14-26-9-6-16(7-10-26)20-25-23-18-13-21-8-11-27(18)20;/h1-5,12,16,21H,6-11,13-14H2,(H,22,24);1H. The molecule has 2 aromatic heterocycles. The largest absolute Gasteiger partial charge is 0.312 e. The normalized spacial score (nSPS) is 17.9. The highest BCUT2D eigenvalue weighted by atomic mass is 35.5. The summed E-state index contributed by atoms with van der Waals surface area (Å²) >= 11 is 0. The summed E-state index contributed by atoms with van der Waals surface area (Å²) in [6, 6.07) is 10.4. The summed E-state index contributed by atoms with van der Waals surface area (Å²) in [7, 11) is 0. The molecule has 0 unspecified atom stereocenters. The Hall–Kier alpha value is -2.22. The van der Waals surface area contributed by atoms with E-state index in [2.05, 4.69) is 59.4 Å². The molecule has 0 spiro atoms. The van der Waals surface area contributed by atoms with E-state index in [-0.39, 0.29) is 12.4 Å². The lowest BCUT2D eigenvalue weighted by molar-refractivity contribution is 0.199. The van der Waals surface area contributed by atoms with Gasteiger partial charge in [-0.3, -0.25) is 10.00 Å². The number of hydrogen-bond acceptors (Lipinski definition) is 5. The average Bonchev–Trinajstić information content (AvgIpc) is 3.36. The summed E-state index contributed by atoms with van der Waals surface area (Å²) in [5.74, 6) is 2.81. The van der Waals surface area contributed by atoms with E-state index in [9.17, 15) is 0 Å². The molecule has 2 aliphatic heterocycles. The quantitative estimate of drug-likeness (QED) is 0.705. The van der Waals surface area contributed by atoms with Gasteiger partial charge in [-0.25, -0.2) is 0 Å². The maximum absolute atomic E-state index is 4.52. The molecule has 4 heterocycles. The second-order valence-corrected chi connectivity index (χ2v) is 7.49. The molecular formula is C20H26ClN7. The van der Waals surface area contributed by atoms with Gasteiger partial charge in [0.1, 0.15) is 11.6 Å². The molecule has 1 aromatic carbocycles. The SMILES string of the molecule is Cl.c1ccc(-c2[nH]ncc2CN2CCC(c3nnc4n3CCNC4)CC2)cc1. The number of hydrogen-bond donors (Lipinski definition) is 2. The van der Waals surface area contributed by atoms with Crippen LogP contribution in [0.4, 0.5) is 0 Å². The Morgan fingerprint density at radius 2 is 1.86 bits per heavy atom. The van der Waals surface area contributed by atoms with Gasteiger partial charge in [0.25, 0.3) is 0 Å². The van der Waals surface area contributed by atoms with Crippen molar-refractivity contribution in [3.05, 3.63) is 53.7 Å². The number of halogens is 1. The minimum absolute atomic E-state index is 0. The molecule has 5 rings (SSSR count). The fraction of sp³-hybridized carbons (Fsp3) is 0.450. The second-order valence-electron chi connectivity index (χ2n) is 7.49. The predicted molar refractivity (Wildman–Crippen MR) is 110 cm³/mol. The third kappa shape index (κ3) is 3.70. The Labute approximate surface area is 171 Å². The molecule has 3 aromatic rings. The van der Waals surface area contributed by atoms with E-state index in [0.717, 1.165) is 63.6 Å². The number of rotatable bonds is 4. The lowest BCUT2D eigenvalue weighted by Gasteiger charge is -2.32. The number of nitrogens with one attached hydrogen (secondary N) is 2. The third-order valence-corrected chi connectivity index (χ3v) is 5.78. The lowest BCUT2D eigenvalue weighted by Crippen LogP contribution is -2.34. The molecule has 0 radical (unpaired) electrons. The van der Waals surface area contributed by atoms with Gasteiger partial charge in [-0.15, -0.1) is 22.6 Å². The van der Waals surface area contributed by atoms with Gasteiger partial charge in [-0.2, -0.15) is 5.10 Å². The van der Waals surface area contributed by atoms with Crippen LogP contribution in [0, 0.1) is 0 Å². The van der Waals surface area contributed by atoms with Crippen LogP contribution < -0.4 is 5.32 Å². The number of fused-ring (bicyclic) bond motifs is 1. The third-order valence-electron chi connectivity index (χ3n) is 5.78. The van der Waals surface area contributed by atoms with Gasteiger partial charge in [0, 0.05) is 31.1 Å². The first kappa shape index (κ1) is 19.1. The van der Waals surface area contributed by atoms with E-state index in [1.807, 2.05) is 12.3 Å². The molecule has 0 amide bonds. The molecule has 1 fully saturated rings. The van der Waals surface area contributed by atoms with Crippen LogP contribution >= 0.6 is 12.4 Å². The van der Waals surface area contributed by atoms with Crippen LogP contribution in [0.5, 0.6) is 0 Å². The summed E-state index contributed by atoms with van der Waals surface area (Å²) in [5, 5.41) is 19.7. The van der Waals surface area contributed by atoms with Crippen LogP contribution in [0.15, 0.2) is 36.5 Å². The van der Waals surface area contributed by atoms with Crippen molar-refractivity contribution in [1.82, 2.24) is 35.2 Å². The number of aromatic amines is 1. The van der Waals surface area contributed by atoms with Crippen molar-refractivity contribution in [1.29, 1.82) is 0 Å². The molecule has 28 heavy (non-hydrogen) atoms. The summed E-state index contributed by atoms with van der Waals surface area (Å²) in [6.45, 7) is 5.96. The minimum Gasteiger partial charge on any atom is -0.312 e. The maximum atomic E-state index is 4.52. The predicted octanol–water partition coefficient (Wildman–Crippen LogP) is 2.57. The van der Waals surface area contributed by atoms with Gasteiger partial charge < -0.3 is 9.88 Å². The highest BCUT2D eigenvalue weighted by Crippen LogP contribution is 2.29. The zero-order valence-corrected chi connectivity index (χ0v) is 16.7. The van der Waals surface area contributed by atoms with E-state index in [0.29, 0.717) is 5.92 Å². The zero-order valence-electron chi connectivity index (χ0n) is 15.8. The van der Waals surface area contributed by atoms with E-state index < -0.39 is 0 Å². The van der Waals surface area contributed by atoms with Gasteiger partial charge in [-0.1, -0.05) is 30.3 Å². The van der Waals surface area contributed by atoms with E-state index >= 15 is 0 Å². The Balaban J connectivity index is 0.00000192. The second kappa shape index (κ2) is 8.43. The van der Waals surface area contributed by atoms with Crippen molar-refractivity contribution in [3.8, 4) is 11.3 Å². The number of piperidine rings is 1. The van der Waals surface area contributed by atoms with Crippen molar-refractivity contribution in [2.45, 2.75) is 38.4 Å². The number of aromatic nitrogens is 5. The molecule has 0 aliphatic carbocycles. The summed E-state index contributed by atoms with van der Waals surface area (Å²) in [4.78, 5) is 2.53. The first-order valence-electron chi connectivity index (χ1n) is 9.81. The van der Waals surface area contributed by atoms with Crippen molar-refractivity contribution >= 4 is 12.4 Å². The van der Waals surface area contributed by atoms with Crippen molar-refractivity contribution in [3.63, 3.8) is 0 Å². The molecule has 0 atom stereocenters. The first-order chi connectivity index (χ1) is 13.4. The van der Waals surface area contributed by atoms with Crippen LogP contribution in [0.3, 0.4) is 0 Å². The molecule has 2 N–H and O–H groups in total. The molecule has 0 saturated carbocycles. The molecular weight excluding hydrogens is 374 g/mol. The Morgan fingerprint density at radius 1 is 1.04 bits per heavy atom. The van der Waals surface area contributed by atoms with Crippen molar-refractivity contribution in [2.24, 2.45) is 0 Å². The molecule has 148 valence electrons. The monoisotopic (exact) mass is 399 g/mol. The number of H-pyrrole nitrogens is 1. The fourth-order valence-electron chi connectivity index (χ4n) is 4.29. The highest BCUT2D eigenvalue weighted by molar-refractivity contribution is 5.85. The van der Waals surface area contributed by atoms with Crippen LogP contribution in [-0.4, -0.2) is 49.5 Å². The lowest BCUT2D eigenvalue weighted by atomic mass is 9.95. The van der Waals surface area contributed by atoms with Crippen molar-refractivity contribution in [2.75, 3.05) is 19.6 Å². The van der Waals surface area contributed by atoms with E-state index in [4.69, 9.17) is 0 Å².